The molecule has 0 amide bonds. The third kappa shape index (κ3) is 2.31. The van der Waals surface area contributed by atoms with Gasteiger partial charge in [-0.2, -0.15) is 0 Å². The van der Waals surface area contributed by atoms with E-state index in [-0.39, 0.29) is 11.7 Å². The number of carbonyl (C=O) groups is 1. The molecule has 76 valence electrons. The van der Waals surface area contributed by atoms with Crippen molar-refractivity contribution in [1.82, 2.24) is 0 Å². The molecule has 0 bridgehead atoms. The van der Waals surface area contributed by atoms with Crippen molar-refractivity contribution in [2.24, 2.45) is 11.7 Å². The van der Waals surface area contributed by atoms with E-state index < -0.39 is 5.54 Å². The van der Waals surface area contributed by atoms with Crippen LogP contribution < -0.4 is 5.73 Å². The SMILES string of the molecule is CCC(C)C(=O)C1(N)CCCCC1. The summed E-state index contributed by atoms with van der Waals surface area (Å²) >= 11 is 0. The summed E-state index contributed by atoms with van der Waals surface area (Å²) in [6, 6.07) is 0. The Morgan fingerprint density at radius 1 is 1.38 bits per heavy atom. The van der Waals surface area contributed by atoms with Crippen LogP contribution >= 0.6 is 0 Å². The lowest BCUT2D eigenvalue weighted by Gasteiger charge is -2.33. The number of Topliss-reactive ketones (excluding diaryl/α,β-unsaturated/α-hetero) is 1. The minimum absolute atomic E-state index is 0.142. The van der Waals surface area contributed by atoms with Crippen LogP contribution in [0.1, 0.15) is 52.4 Å². The smallest absolute Gasteiger partial charge is 0.155 e. The van der Waals surface area contributed by atoms with Crippen LogP contribution in [-0.2, 0) is 4.79 Å². The molecule has 13 heavy (non-hydrogen) atoms. The average molecular weight is 183 g/mol. The Labute approximate surface area is 80.9 Å². The first-order valence-electron chi connectivity index (χ1n) is 5.43. The first kappa shape index (κ1) is 10.7. The van der Waals surface area contributed by atoms with Crippen LogP contribution in [0, 0.1) is 5.92 Å². The lowest BCUT2D eigenvalue weighted by molar-refractivity contribution is -0.128. The molecular weight excluding hydrogens is 162 g/mol. The summed E-state index contributed by atoms with van der Waals surface area (Å²) in [6.07, 6.45) is 6.20. The first-order valence-corrected chi connectivity index (χ1v) is 5.43. The van der Waals surface area contributed by atoms with Crippen LogP contribution in [0.15, 0.2) is 0 Å². The molecule has 2 heteroatoms. The molecule has 1 fully saturated rings. The number of hydrogen-bond acceptors (Lipinski definition) is 2. The molecule has 0 spiro atoms. The fourth-order valence-electron chi connectivity index (χ4n) is 2.11. The monoisotopic (exact) mass is 183 g/mol. The van der Waals surface area contributed by atoms with E-state index in [2.05, 4.69) is 6.92 Å². The minimum Gasteiger partial charge on any atom is -0.319 e. The van der Waals surface area contributed by atoms with Gasteiger partial charge in [0.2, 0.25) is 0 Å². The van der Waals surface area contributed by atoms with E-state index in [1.165, 1.54) is 6.42 Å². The van der Waals surface area contributed by atoms with Crippen molar-refractivity contribution >= 4 is 5.78 Å². The number of rotatable bonds is 3. The van der Waals surface area contributed by atoms with Crippen LogP contribution in [-0.4, -0.2) is 11.3 Å². The highest BCUT2D eigenvalue weighted by Gasteiger charge is 2.36. The predicted octanol–water partition coefficient (Wildman–Crippen LogP) is 2.26. The van der Waals surface area contributed by atoms with E-state index in [0.717, 1.165) is 32.1 Å². The van der Waals surface area contributed by atoms with Crippen molar-refractivity contribution in [3.63, 3.8) is 0 Å². The van der Waals surface area contributed by atoms with Gasteiger partial charge in [0, 0.05) is 5.92 Å². The molecule has 0 saturated heterocycles. The van der Waals surface area contributed by atoms with E-state index in [9.17, 15) is 4.79 Å². The summed E-state index contributed by atoms with van der Waals surface area (Å²) in [7, 11) is 0. The maximum absolute atomic E-state index is 11.9. The van der Waals surface area contributed by atoms with E-state index in [0.29, 0.717) is 0 Å². The number of hydrogen-bond donors (Lipinski definition) is 1. The van der Waals surface area contributed by atoms with Crippen molar-refractivity contribution in [2.75, 3.05) is 0 Å². The van der Waals surface area contributed by atoms with Gasteiger partial charge >= 0.3 is 0 Å². The highest BCUT2D eigenvalue weighted by molar-refractivity contribution is 5.90. The molecule has 1 atom stereocenters. The van der Waals surface area contributed by atoms with Crippen molar-refractivity contribution < 1.29 is 4.79 Å². The summed E-state index contributed by atoms with van der Waals surface area (Å²) in [4.78, 5) is 11.9. The fraction of sp³-hybridized carbons (Fsp3) is 0.909. The van der Waals surface area contributed by atoms with Gasteiger partial charge in [-0.1, -0.05) is 33.1 Å². The average Bonchev–Trinajstić information content (AvgIpc) is 2.16. The topological polar surface area (TPSA) is 43.1 Å². The highest BCUT2D eigenvalue weighted by atomic mass is 16.1. The summed E-state index contributed by atoms with van der Waals surface area (Å²) in [5, 5.41) is 0. The Kier molecular flexibility index (Phi) is 3.48. The summed E-state index contributed by atoms with van der Waals surface area (Å²) in [5.74, 6) is 0.429. The molecule has 1 rings (SSSR count). The number of nitrogens with two attached hydrogens (primary N) is 1. The van der Waals surface area contributed by atoms with Gasteiger partial charge in [0.15, 0.2) is 5.78 Å². The van der Waals surface area contributed by atoms with Gasteiger partial charge in [0.1, 0.15) is 0 Å². The van der Waals surface area contributed by atoms with Crippen LogP contribution in [0.3, 0.4) is 0 Å². The van der Waals surface area contributed by atoms with E-state index in [1.54, 1.807) is 0 Å². The van der Waals surface area contributed by atoms with Gasteiger partial charge in [-0.3, -0.25) is 4.79 Å². The fourth-order valence-corrected chi connectivity index (χ4v) is 2.11. The number of ketones is 1. The minimum atomic E-state index is -0.478. The zero-order valence-corrected chi connectivity index (χ0v) is 8.81. The standard InChI is InChI=1S/C11H21NO/c1-3-9(2)10(13)11(12)7-5-4-6-8-11/h9H,3-8,12H2,1-2H3. The molecule has 1 aliphatic carbocycles. The molecule has 2 nitrogen and oxygen atoms in total. The molecule has 0 aliphatic heterocycles. The number of carbonyl (C=O) groups excluding carboxylic acids is 1. The van der Waals surface area contributed by atoms with Gasteiger partial charge in [-0.05, 0) is 19.3 Å². The predicted molar refractivity (Wildman–Crippen MR) is 54.5 cm³/mol. The van der Waals surface area contributed by atoms with Crippen molar-refractivity contribution in [1.29, 1.82) is 0 Å². The van der Waals surface area contributed by atoms with Crippen LogP contribution in [0.4, 0.5) is 0 Å². The first-order chi connectivity index (χ1) is 6.10. The Morgan fingerprint density at radius 2 is 1.92 bits per heavy atom. The Balaban J connectivity index is 2.61. The van der Waals surface area contributed by atoms with Gasteiger partial charge in [-0.25, -0.2) is 0 Å². The van der Waals surface area contributed by atoms with Crippen LogP contribution in [0.25, 0.3) is 0 Å². The van der Waals surface area contributed by atoms with Crippen molar-refractivity contribution in [3.05, 3.63) is 0 Å². The maximum Gasteiger partial charge on any atom is 0.155 e. The van der Waals surface area contributed by atoms with E-state index >= 15 is 0 Å². The largest absolute Gasteiger partial charge is 0.319 e. The normalized spacial score (nSPS) is 23.9. The van der Waals surface area contributed by atoms with Crippen LogP contribution in [0.2, 0.25) is 0 Å². The molecule has 0 aromatic rings. The van der Waals surface area contributed by atoms with Crippen molar-refractivity contribution in [2.45, 2.75) is 57.9 Å². The molecule has 1 unspecified atom stereocenters. The molecule has 1 aliphatic rings. The quantitative estimate of drug-likeness (QED) is 0.729. The highest BCUT2D eigenvalue weighted by Crippen LogP contribution is 2.29. The summed E-state index contributed by atoms with van der Waals surface area (Å²) < 4.78 is 0. The molecule has 0 heterocycles. The van der Waals surface area contributed by atoms with E-state index in [4.69, 9.17) is 5.73 Å². The lowest BCUT2D eigenvalue weighted by atomic mass is 9.75. The van der Waals surface area contributed by atoms with Crippen molar-refractivity contribution in [3.8, 4) is 0 Å². The second-order valence-corrected chi connectivity index (χ2v) is 4.39. The molecule has 0 aromatic heterocycles. The maximum atomic E-state index is 11.9. The zero-order chi connectivity index (χ0) is 9.90. The lowest BCUT2D eigenvalue weighted by Crippen LogP contribution is -2.51. The van der Waals surface area contributed by atoms with Gasteiger partial charge < -0.3 is 5.73 Å². The molecular formula is C11H21NO. The van der Waals surface area contributed by atoms with Gasteiger partial charge in [0.25, 0.3) is 0 Å². The Morgan fingerprint density at radius 3 is 2.38 bits per heavy atom. The third-order valence-corrected chi connectivity index (χ3v) is 3.30. The van der Waals surface area contributed by atoms with E-state index in [1.807, 2.05) is 6.92 Å². The second kappa shape index (κ2) is 4.23. The van der Waals surface area contributed by atoms with Crippen LogP contribution in [0.5, 0.6) is 0 Å². The summed E-state index contributed by atoms with van der Waals surface area (Å²) in [5.41, 5.74) is 5.65. The summed E-state index contributed by atoms with van der Waals surface area (Å²) in [6.45, 7) is 4.04. The molecule has 0 radical (unpaired) electrons. The third-order valence-electron chi connectivity index (χ3n) is 3.30. The molecule has 1 saturated carbocycles. The van der Waals surface area contributed by atoms with Gasteiger partial charge in [-0.15, -0.1) is 0 Å². The molecule has 0 aromatic carbocycles. The van der Waals surface area contributed by atoms with Gasteiger partial charge in [0.05, 0.1) is 5.54 Å². The second-order valence-electron chi connectivity index (χ2n) is 4.39. The Hall–Kier alpha value is -0.370. The molecule has 2 N–H and O–H groups in total. The zero-order valence-electron chi connectivity index (χ0n) is 8.81. The Bertz CT molecular complexity index is 183.